The van der Waals surface area contributed by atoms with Crippen LogP contribution in [0.2, 0.25) is 0 Å². The van der Waals surface area contributed by atoms with Gasteiger partial charge in [0.1, 0.15) is 5.75 Å². The fraction of sp³-hybridized carbons (Fsp3) is 0.294. The molecule has 98 valence electrons. The number of ether oxygens (including phenoxy) is 1. The largest absolute Gasteiger partial charge is 0.497 e. The Hall–Kier alpha value is -1.96. The fourth-order valence-electron chi connectivity index (χ4n) is 2.69. The minimum atomic E-state index is 0.914. The van der Waals surface area contributed by atoms with Crippen molar-refractivity contribution in [3.8, 4) is 5.75 Å². The molecule has 0 bridgehead atoms. The van der Waals surface area contributed by atoms with E-state index >= 15 is 0 Å². The van der Waals surface area contributed by atoms with E-state index in [-0.39, 0.29) is 0 Å². The zero-order chi connectivity index (χ0) is 13.1. The number of nitrogens with one attached hydrogen (secondary N) is 1. The van der Waals surface area contributed by atoms with Gasteiger partial charge in [-0.3, -0.25) is 0 Å². The third-order valence-corrected chi connectivity index (χ3v) is 3.72. The molecule has 0 fully saturated rings. The van der Waals surface area contributed by atoms with E-state index in [1.807, 2.05) is 12.1 Å². The van der Waals surface area contributed by atoms with Crippen molar-refractivity contribution in [3.05, 3.63) is 59.2 Å². The molecule has 1 N–H and O–H groups in total. The molecule has 1 aliphatic rings. The van der Waals surface area contributed by atoms with Gasteiger partial charge in [-0.15, -0.1) is 0 Å². The molecule has 0 radical (unpaired) electrons. The van der Waals surface area contributed by atoms with Gasteiger partial charge in [-0.05, 0) is 48.1 Å². The Labute approximate surface area is 114 Å². The van der Waals surface area contributed by atoms with Crippen molar-refractivity contribution >= 4 is 5.69 Å². The minimum absolute atomic E-state index is 0.914. The van der Waals surface area contributed by atoms with Gasteiger partial charge in [0.2, 0.25) is 0 Å². The van der Waals surface area contributed by atoms with Crippen LogP contribution in [0.3, 0.4) is 0 Å². The highest BCUT2D eigenvalue weighted by atomic mass is 16.5. The van der Waals surface area contributed by atoms with Gasteiger partial charge in [0.25, 0.3) is 0 Å². The molecule has 1 aliphatic heterocycles. The lowest BCUT2D eigenvalue weighted by molar-refractivity contribution is 0.414. The van der Waals surface area contributed by atoms with Gasteiger partial charge in [0.15, 0.2) is 0 Å². The molecule has 19 heavy (non-hydrogen) atoms. The van der Waals surface area contributed by atoms with Gasteiger partial charge in [0.05, 0.1) is 7.11 Å². The molecule has 3 rings (SSSR count). The lowest BCUT2D eigenvalue weighted by Gasteiger charge is -2.21. The molecular weight excluding hydrogens is 234 g/mol. The van der Waals surface area contributed by atoms with Gasteiger partial charge in [-0.1, -0.05) is 30.3 Å². The number of rotatable bonds is 3. The normalized spacial score (nSPS) is 13.5. The second kappa shape index (κ2) is 5.35. The Morgan fingerprint density at radius 1 is 1.11 bits per heavy atom. The molecule has 0 amide bonds. The first kappa shape index (κ1) is 12.1. The SMILES string of the molecule is COc1ccc(Cc2cccc3c2NCCC3)cc1. The molecular formula is C17H19NO. The summed E-state index contributed by atoms with van der Waals surface area (Å²) in [5, 5.41) is 3.55. The van der Waals surface area contributed by atoms with Crippen LogP contribution < -0.4 is 10.1 Å². The van der Waals surface area contributed by atoms with Crippen molar-refractivity contribution in [3.63, 3.8) is 0 Å². The summed E-state index contributed by atoms with van der Waals surface area (Å²) in [4.78, 5) is 0. The predicted molar refractivity (Wildman–Crippen MR) is 79.1 cm³/mol. The number of aryl methyl sites for hydroxylation is 1. The molecule has 1 heterocycles. The average molecular weight is 253 g/mol. The van der Waals surface area contributed by atoms with Crippen molar-refractivity contribution in [2.45, 2.75) is 19.3 Å². The lowest BCUT2D eigenvalue weighted by atomic mass is 9.95. The molecule has 0 saturated carbocycles. The quantitative estimate of drug-likeness (QED) is 0.901. The second-order valence-electron chi connectivity index (χ2n) is 5.01. The van der Waals surface area contributed by atoms with E-state index < -0.39 is 0 Å². The molecule has 0 atom stereocenters. The Kier molecular flexibility index (Phi) is 3.41. The van der Waals surface area contributed by atoms with Gasteiger partial charge in [-0.2, -0.15) is 0 Å². The fourth-order valence-corrected chi connectivity index (χ4v) is 2.69. The lowest BCUT2D eigenvalue weighted by Crippen LogP contribution is -2.13. The predicted octanol–water partition coefficient (Wildman–Crippen LogP) is 3.64. The van der Waals surface area contributed by atoms with Crippen LogP contribution in [0.5, 0.6) is 5.75 Å². The molecule has 0 unspecified atom stereocenters. The van der Waals surface area contributed by atoms with Crippen LogP contribution in [0, 0.1) is 0 Å². The van der Waals surface area contributed by atoms with Crippen LogP contribution in [0.1, 0.15) is 23.1 Å². The molecule has 0 aliphatic carbocycles. The summed E-state index contributed by atoms with van der Waals surface area (Å²) in [6, 6.07) is 15.0. The highest BCUT2D eigenvalue weighted by Gasteiger charge is 2.12. The van der Waals surface area contributed by atoms with E-state index in [4.69, 9.17) is 4.74 Å². The molecule has 0 spiro atoms. The van der Waals surface area contributed by atoms with Gasteiger partial charge >= 0.3 is 0 Å². The third-order valence-electron chi connectivity index (χ3n) is 3.72. The maximum absolute atomic E-state index is 5.20. The summed E-state index contributed by atoms with van der Waals surface area (Å²) in [6.45, 7) is 1.09. The van der Waals surface area contributed by atoms with Crippen molar-refractivity contribution in [2.75, 3.05) is 19.0 Å². The van der Waals surface area contributed by atoms with Crippen molar-refractivity contribution in [1.29, 1.82) is 0 Å². The third kappa shape index (κ3) is 2.58. The number of fused-ring (bicyclic) bond motifs is 1. The topological polar surface area (TPSA) is 21.3 Å². The first-order chi connectivity index (χ1) is 9.36. The van der Waals surface area contributed by atoms with Crippen molar-refractivity contribution in [1.82, 2.24) is 0 Å². The zero-order valence-corrected chi connectivity index (χ0v) is 11.3. The van der Waals surface area contributed by atoms with Crippen LogP contribution in [-0.4, -0.2) is 13.7 Å². The van der Waals surface area contributed by atoms with Crippen molar-refractivity contribution < 1.29 is 4.74 Å². The van der Waals surface area contributed by atoms with Gasteiger partial charge in [0, 0.05) is 12.2 Å². The monoisotopic (exact) mass is 253 g/mol. The molecule has 2 aromatic carbocycles. The number of hydrogen-bond acceptors (Lipinski definition) is 2. The maximum atomic E-state index is 5.20. The standard InChI is InChI=1S/C17H19NO/c1-19-16-9-7-13(8-10-16)12-15-5-2-4-14-6-3-11-18-17(14)15/h2,4-5,7-10,18H,3,6,11-12H2,1H3. The Bertz CT molecular complexity index is 560. The Morgan fingerprint density at radius 3 is 2.74 bits per heavy atom. The highest BCUT2D eigenvalue weighted by Crippen LogP contribution is 2.28. The summed E-state index contributed by atoms with van der Waals surface area (Å²) in [5.41, 5.74) is 5.52. The first-order valence-corrected chi connectivity index (χ1v) is 6.84. The number of methoxy groups -OCH3 is 1. The average Bonchev–Trinajstić information content (AvgIpc) is 2.48. The van der Waals surface area contributed by atoms with Gasteiger partial charge < -0.3 is 10.1 Å². The Balaban J connectivity index is 1.86. The van der Waals surface area contributed by atoms with E-state index in [1.165, 1.54) is 35.2 Å². The summed E-state index contributed by atoms with van der Waals surface area (Å²) < 4.78 is 5.20. The minimum Gasteiger partial charge on any atom is -0.497 e. The summed E-state index contributed by atoms with van der Waals surface area (Å²) in [6.07, 6.45) is 3.40. The van der Waals surface area contributed by atoms with E-state index in [1.54, 1.807) is 7.11 Å². The number of para-hydroxylation sites is 1. The maximum Gasteiger partial charge on any atom is 0.118 e. The van der Waals surface area contributed by atoms with E-state index in [0.29, 0.717) is 0 Å². The molecule has 2 aromatic rings. The number of benzene rings is 2. The van der Waals surface area contributed by atoms with Crippen LogP contribution in [-0.2, 0) is 12.8 Å². The van der Waals surface area contributed by atoms with Crippen LogP contribution in [0.25, 0.3) is 0 Å². The van der Waals surface area contributed by atoms with Crippen molar-refractivity contribution in [2.24, 2.45) is 0 Å². The van der Waals surface area contributed by atoms with E-state index in [2.05, 4.69) is 35.6 Å². The highest BCUT2D eigenvalue weighted by molar-refractivity contribution is 5.60. The molecule has 2 heteroatoms. The van der Waals surface area contributed by atoms with Crippen LogP contribution in [0.4, 0.5) is 5.69 Å². The van der Waals surface area contributed by atoms with Crippen LogP contribution in [0.15, 0.2) is 42.5 Å². The number of anilines is 1. The number of hydrogen-bond donors (Lipinski definition) is 1. The molecule has 0 aromatic heterocycles. The summed E-state index contributed by atoms with van der Waals surface area (Å²) in [7, 11) is 1.70. The Morgan fingerprint density at radius 2 is 1.95 bits per heavy atom. The van der Waals surface area contributed by atoms with E-state index in [9.17, 15) is 0 Å². The van der Waals surface area contributed by atoms with Crippen LogP contribution >= 0.6 is 0 Å². The molecule has 0 saturated heterocycles. The smallest absolute Gasteiger partial charge is 0.118 e. The summed E-state index contributed by atoms with van der Waals surface area (Å²) in [5.74, 6) is 0.914. The second-order valence-corrected chi connectivity index (χ2v) is 5.01. The summed E-state index contributed by atoms with van der Waals surface area (Å²) >= 11 is 0. The zero-order valence-electron chi connectivity index (χ0n) is 11.3. The molecule has 2 nitrogen and oxygen atoms in total. The van der Waals surface area contributed by atoms with Gasteiger partial charge in [-0.25, -0.2) is 0 Å². The first-order valence-electron chi connectivity index (χ1n) is 6.84. The van der Waals surface area contributed by atoms with E-state index in [0.717, 1.165) is 18.7 Å².